The van der Waals surface area contributed by atoms with Crippen molar-refractivity contribution < 1.29 is 19.4 Å². The summed E-state index contributed by atoms with van der Waals surface area (Å²) < 4.78 is 6.00. The summed E-state index contributed by atoms with van der Waals surface area (Å²) in [6.07, 6.45) is 60.7. The highest BCUT2D eigenvalue weighted by atomic mass is 16.5. The highest BCUT2D eigenvalue weighted by Gasteiger charge is 2.14. The second-order valence-corrected chi connectivity index (χ2v) is 14.5. The van der Waals surface area contributed by atoms with Gasteiger partial charge in [-0.1, -0.05) is 164 Å². The van der Waals surface area contributed by atoms with Gasteiger partial charge in [-0.25, -0.2) is 0 Å². The van der Waals surface area contributed by atoms with Crippen molar-refractivity contribution in [1.82, 2.24) is 0 Å². The first-order valence-corrected chi connectivity index (χ1v) is 21.9. The molecule has 4 heteroatoms. The molecule has 0 bridgehead atoms. The molecule has 0 saturated heterocycles. The third-order valence-corrected chi connectivity index (χ3v) is 9.41. The predicted molar refractivity (Wildman–Crippen MR) is 227 cm³/mol. The van der Waals surface area contributed by atoms with E-state index in [2.05, 4.69) is 86.8 Å². The van der Waals surface area contributed by atoms with Gasteiger partial charge in [0.2, 0.25) is 0 Å². The van der Waals surface area contributed by atoms with Gasteiger partial charge in [0.1, 0.15) is 6.10 Å². The maximum atomic E-state index is 12.7. The molecular weight excluding hydrogens is 641 g/mol. The van der Waals surface area contributed by atoms with Crippen molar-refractivity contribution in [2.75, 3.05) is 0 Å². The second kappa shape index (κ2) is 42.8. The van der Waals surface area contributed by atoms with Crippen LogP contribution in [0.5, 0.6) is 0 Å². The van der Waals surface area contributed by atoms with Crippen LogP contribution in [-0.4, -0.2) is 23.1 Å². The lowest BCUT2D eigenvalue weighted by Crippen LogP contribution is -2.18. The van der Waals surface area contributed by atoms with Gasteiger partial charge >= 0.3 is 11.9 Å². The van der Waals surface area contributed by atoms with Gasteiger partial charge in [-0.05, 0) is 109 Å². The zero-order valence-electron chi connectivity index (χ0n) is 34.1. The molecule has 0 aliphatic rings. The minimum Gasteiger partial charge on any atom is -0.481 e. The molecule has 0 aliphatic heterocycles. The molecule has 0 spiro atoms. The quantitative estimate of drug-likeness (QED) is 0.0390. The van der Waals surface area contributed by atoms with Crippen molar-refractivity contribution in [2.45, 2.75) is 219 Å². The van der Waals surface area contributed by atoms with E-state index in [0.29, 0.717) is 6.42 Å². The normalized spacial score (nSPS) is 13.0. The van der Waals surface area contributed by atoms with Crippen molar-refractivity contribution in [1.29, 1.82) is 0 Å². The Bertz CT molecular complexity index is 953. The maximum Gasteiger partial charge on any atom is 0.306 e. The van der Waals surface area contributed by atoms with E-state index in [1.165, 1.54) is 77.0 Å². The summed E-state index contributed by atoms with van der Waals surface area (Å²) in [5, 5.41) is 8.84. The molecule has 0 saturated carbocycles. The van der Waals surface area contributed by atoms with Crippen molar-refractivity contribution in [2.24, 2.45) is 0 Å². The number of hydrogen-bond donors (Lipinski definition) is 1. The Hall–Kier alpha value is -2.62. The maximum absolute atomic E-state index is 12.7. The third-order valence-electron chi connectivity index (χ3n) is 9.41. The number of carboxylic acids is 1. The first kappa shape index (κ1) is 49.4. The van der Waals surface area contributed by atoms with E-state index in [9.17, 15) is 9.59 Å². The van der Waals surface area contributed by atoms with Gasteiger partial charge in [-0.3, -0.25) is 9.59 Å². The van der Waals surface area contributed by atoms with E-state index in [-0.39, 0.29) is 18.5 Å². The summed E-state index contributed by atoms with van der Waals surface area (Å²) in [4.78, 5) is 23.5. The van der Waals surface area contributed by atoms with Crippen LogP contribution in [0.2, 0.25) is 0 Å². The Balaban J connectivity index is 4.10. The number of esters is 1. The summed E-state index contributed by atoms with van der Waals surface area (Å²) >= 11 is 0. The fourth-order valence-corrected chi connectivity index (χ4v) is 6.21. The molecule has 0 aliphatic carbocycles. The van der Waals surface area contributed by atoms with Crippen LogP contribution in [0.3, 0.4) is 0 Å². The second-order valence-electron chi connectivity index (χ2n) is 14.5. The Morgan fingerprint density at radius 2 is 0.808 bits per heavy atom. The topological polar surface area (TPSA) is 63.6 Å². The molecule has 52 heavy (non-hydrogen) atoms. The van der Waals surface area contributed by atoms with Crippen molar-refractivity contribution >= 4 is 11.9 Å². The molecular formula is C48H82O4. The zero-order chi connectivity index (χ0) is 37.8. The summed E-state index contributed by atoms with van der Waals surface area (Å²) in [6, 6.07) is 0. The Labute approximate surface area is 322 Å². The third kappa shape index (κ3) is 41.8. The molecule has 1 unspecified atom stereocenters. The highest BCUT2D eigenvalue weighted by molar-refractivity contribution is 5.69. The summed E-state index contributed by atoms with van der Waals surface area (Å²) in [5.41, 5.74) is 0. The lowest BCUT2D eigenvalue weighted by Gasteiger charge is -2.18. The molecule has 0 aromatic carbocycles. The summed E-state index contributed by atoms with van der Waals surface area (Å²) in [5.74, 6) is -0.735. The average Bonchev–Trinajstić information content (AvgIpc) is 3.13. The van der Waals surface area contributed by atoms with Crippen molar-refractivity contribution in [3.63, 3.8) is 0 Å². The molecule has 298 valence electrons. The highest BCUT2D eigenvalue weighted by Crippen LogP contribution is 2.18. The first-order chi connectivity index (χ1) is 25.6. The Morgan fingerprint density at radius 1 is 0.442 bits per heavy atom. The molecule has 1 N–H and O–H groups in total. The van der Waals surface area contributed by atoms with Gasteiger partial charge in [-0.2, -0.15) is 0 Å². The van der Waals surface area contributed by atoms with Crippen LogP contribution in [-0.2, 0) is 14.3 Å². The van der Waals surface area contributed by atoms with E-state index in [4.69, 9.17) is 9.84 Å². The number of carbonyl (C=O) groups excluding carboxylic acids is 1. The van der Waals surface area contributed by atoms with Crippen molar-refractivity contribution in [3.8, 4) is 0 Å². The van der Waals surface area contributed by atoms with Gasteiger partial charge in [0.15, 0.2) is 0 Å². The standard InChI is InChI=1S/C48H82O4/c1-3-5-7-9-11-13-15-17-19-20-21-22-24-26-28-30-32-37-41-45-48(51)52-46(43-39-35-33-36-40-44-47(49)50)42-38-34-31-29-27-25-23-18-16-14-12-10-8-6-4-2/h6,8,11-14,17-19,23,27,29,46H,3-5,7,9-10,15-16,20-22,24-26,28,30-45H2,1-2H3,(H,49,50)/b8-6-,13-11-,14-12-,19-17-,23-18-,29-27-. The van der Waals surface area contributed by atoms with Crippen LogP contribution in [0.1, 0.15) is 213 Å². The van der Waals surface area contributed by atoms with Crippen LogP contribution in [0.4, 0.5) is 0 Å². The van der Waals surface area contributed by atoms with Gasteiger partial charge in [0.05, 0.1) is 0 Å². The number of hydrogen-bond acceptors (Lipinski definition) is 3. The molecule has 0 heterocycles. The molecule has 0 aromatic heterocycles. The number of unbranched alkanes of at least 4 members (excludes halogenated alkanes) is 18. The van der Waals surface area contributed by atoms with Crippen molar-refractivity contribution in [3.05, 3.63) is 72.9 Å². The molecule has 0 radical (unpaired) electrons. The number of aliphatic carboxylic acids is 1. The van der Waals surface area contributed by atoms with Crippen LogP contribution in [0.15, 0.2) is 72.9 Å². The fourth-order valence-electron chi connectivity index (χ4n) is 6.21. The van der Waals surface area contributed by atoms with Gasteiger partial charge in [-0.15, -0.1) is 0 Å². The monoisotopic (exact) mass is 723 g/mol. The lowest BCUT2D eigenvalue weighted by atomic mass is 10.0. The molecule has 0 amide bonds. The van der Waals surface area contributed by atoms with Gasteiger partial charge < -0.3 is 9.84 Å². The van der Waals surface area contributed by atoms with E-state index in [1.807, 2.05) is 0 Å². The van der Waals surface area contributed by atoms with Gasteiger partial charge in [0.25, 0.3) is 0 Å². The average molecular weight is 723 g/mol. The van der Waals surface area contributed by atoms with Crippen LogP contribution in [0.25, 0.3) is 0 Å². The van der Waals surface area contributed by atoms with E-state index in [0.717, 1.165) is 109 Å². The van der Waals surface area contributed by atoms with Crippen LogP contribution < -0.4 is 0 Å². The minimum absolute atomic E-state index is 0.0107. The van der Waals surface area contributed by atoms with Gasteiger partial charge in [0, 0.05) is 12.8 Å². The number of rotatable bonds is 39. The van der Waals surface area contributed by atoms with E-state index in [1.54, 1.807) is 0 Å². The molecule has 1 atom stereocenters. The number of ether oxygens (including phenoxy) is 1. The number of carboxylic acid groups (broad SMARTS) is 1. The largest absolute Gasteiger partial charge is 0.481 e. The SMILES string of the molecule is CC/C=C\C/C=C\C/C=C\C/C=C\CCCCC(CCCCCCCC(=O)O)OC(=O)CCCCCCCCCCC/C=C\C/C=C\CCCCC. The number of carbonyl (C=O) groups is 2. The lowest BCUT2D eigenvalue weighted by molar-refractivity contribution is -0.150. The number of allylic oxidation sites excluding steroid dienone is 12. The summed E-state index contributed by atoms with van der Waals surface area (Å²) in [7, 11) is 0. The Morgan fingerprint density at radius 3 is 1.29 bits per heavy atom. The molecule has 0 aromatic rings. The Kier molecular flexibility index (Phi) is 40.6. The minimum atomic E-state index is -0.709. The zero-order valence-corrected chi connectivity index (χ0v) is 34.1. The van der Waals surface area contributed by atoms with E-state index < -0.39 is 5.97 Å². The predicted octanol–water partition coefficient (Wildman–Crippen LogP) is 15.5. The van der Waals surface area contributed by atoms with E-state index >= 15 is 0 Å². The smallest absolute Gasteiger partial charge is 0.306 e. The molecule has 0 rings (SSSR count). The summed E-state index contributed by atoms with van der Waals surface area (Å²) in [6.45, 7) is 4.41. The van der Waals surface area contributed by atoms with Crippen LogP contribution in [0, 0.1) is 0 Å². The first-order valence-electron chi connectivity index (χ1n) is 21.9. The fraction of sp³-hybridized carbons (Fsp3) is 0.708. The van der Waals surface area contributed by atoms with Crippen LogP contribution >= 0.6 is 0 Å². The molecule has 0 fully saturated rings. The molecule has 4 nitrogen and oxygen atoms in total.